The first-order valence-electron chi connectivity index (χ1n) is 5.13. The van der Waals surface area contributed by atoms with E-state index in [4.69, 9.17) is 0 Å². The molecule has 1 saturated carbocycles. The van der Waals surface area contributed by atoms with Gasteiger partial charge in [0, 0.05) is 0 Å². The minimum atomic E-state index is -1.47. The van der Waals surface area contributed by atoms with Crippen LogP contribution in [0.5, 0.6) is 0 Å². The molecule has 2 rings (SSSR count). The van der Waals surface area contributed by atoms with Crippen molar-refractivity contribution in [2.24, 2.45) is 0 Å². The van der Waals surface area contributed by atoms with Crippen LogP contribution in [0.25, 0.3) is 0 Å². The summed E-state index contributed by atoms with van der Waals surface area (Å²) in [6, 6.07) is 0.946. The fourth-order valence-corrected chi connectivity index (χ4v) is 2.21. The van der Waals surface area contributed by atoms with Gasteiger partial charge in [-0.25, -0.2) is 13.2 Å². The quantitative estimate of drug-likeness (QED) is 0.561. The Labute approximate surface area is 91.3 Å². The summed E-state index contributed by atoms with van der Waals surface area (Å²) in [7, 11) is 0. The van der Waals surface area contributed by atoms with Crippen LogP contribution in [0.3, 0.4) is 0 Å². The molecule has 1 aromatic rings. The van der Waals surface area contributed by atoms with Crippen LogP contribution in [-0.4, -0.2) is 6.29 Å². The smallest absolute Gasteiger partial charge is 0.194 e. The highest BCUT2D eigenvalue weighted by Crippen LogP contribution is 2.44. The fraction of sp³-hybridized carbons (Fsp3) is 0.417. The van der Waals surface area contributed by atoms with Gasteiger partial charge in [0.05, 0.1) is 5.41 Å². The van der Waals surface area contributed by atoms with E-state index in [0.29, 0.717) is 12.8 Å². The molecule has 1 fully saturated rings. The molecular formula is C12H11F3O. The van der Waals surface area contributed by atoms with Gasteiger partial charge in [-0.3, -0.25) is 0 Å². The molecule has 0 spiro atoms. The van der Waals surface area contributed by atoms with E-state index in [1.165, 1.54) is 6.92 Å². The topological polar surface area (TPSA) is 17.1 Å². The summed E-state index contributed by atoms with van der Waals surface area (Å²) in [5, 5.41) is 0. The van der Waals surface area contributed by atoms with Gasteiger partial charge in [-0.1, -0.05) is 6.42 Å². The number of aldehydes is 1. The number of carbonyl (C=O) groups excluding carboxylic acids is 1. The molecular weight excluding hydrogens is 217 g/mol. The maximum absolute atomic E-state index is 13.3. The van der Waals surface area contributed by atoms with Crippen molar-refractivity contribution in [2.45, 2.75) is 31.6 Å². The summed E-state index contributed by atoms with van der Waals surface area (Å²) in [6.07, 6.45) is 2.71. The first kappa shape index (κ1) is 11.2. The lowest BCUT2D eigenvalue weighted by molar-refractivity contribution is -0.115. The second-order valence-corrected chi connectivity index (χ2v) is 4.29. The average Bonchev–Trinajstić information content (AvgIpc) is 2.21. The van der Waals surface area contributed by atoms with Gasteiger partial charge in [-0.2, -0.15) is 0 Å². The molecule has 0 atom stereocenters. The summed E-state index contributed by atoms with van der Waals surface area (Å²) >= 11 is 0. The van der Waals surface area contributed by atoms with Crippen molar-refractivity contribution >= 4 is 6.29 Å². The van der Waals surface area contributed by atoms with Crippen molar-refractivity contribution in [2.75, 3.05) is 0 Å². The van der Waals surface area contributed by atoms with E-state index < -0.39 is 22.9 Å². The molecule has 0 radical (unpaired) electrons. The van der Waals surface area contributed by atoms with Crippen LogP contribution in [0.1, 0.15) is 30.4 Å². The van der Waals surface area contributed by atoms with Gasteiger partial charge >= 0.3 is 0 Å². The van der Waals surface area contributed by atoms with Crippen molar-refractivity contribution in [1.29, 1.82) is 0 Å². The standard InChI is InChI=1S/C12H11F3O/c1-7-8(12(6-16)3-2-4-12)5-9(13)11(15)10(7)14/h5-6H,2-4H2,1H3. The maximum atomic E-state index is 13.3. The number of hydrogen-bond acceptors (Lipinski definition) is 1. The first-order chi connectivity index (χ1) is 7.52. The molecule has 86 valence electrons. The van der Waals surface area contributed by atoms with E-state index >= 15 is 0 Å². The lowest BCUT2D eigenvalue weighted by Crippen LogP contribution is -2.37. The predicted molar refractivity (Wildman–Crippen MR) is 52.6 cm³/mol. The van der Waals surface area contributed by atoms with Crippen LogP contribution in [0, 0.1) is 24.4 Å². The Morgan fingerprint density at radius 1 is 1.25 bits per heavy atom. The average molecular weight is 228 g/mol. The molecule has 1 aliphatic carbocycles. The Balaban J connectivity index is 2.61. The molecule has 0 aliphatic heterocycles. The van der Waals surface area contributed by atoms with Crippen molar-refractivity contribution in [3.8, 4) is 0 Å². The summed E-state index contributed by atoms with van der Waals surface area (Å²) in [6.45, 7) is 1.37. The molecule has 0 amide bonds. The minimum absolute atomic E-state index is 0.0331. The molecule has 0 heterocycles. The van der Waals surface area contributed by atoms with Crippen molar-refractivity contribution < 1.29 is 18.0 Å². The van der Waals surface area contributed by atoms with Gasteiger partial charge in [0.25, 0.3) is 0 Å². The van der Waals surface area contributed by atoms with Crippen molar-refractivity contribution in [3.05, 3.63) is 34.6 Å². The fourth-order valence-electron chi connectivity index (χ4n) is 2.21. The third-order valence-corrected chi connectivity index (χ3v) is 3.41. The van der Waals surface area contributed by atoms with E-state index in [-0.39, 0.29) is 11.1 Å². The van der Waals surface area contributed by atoms with Gasteiger partial charge in [0.1, 0.15) is 6.29 Å². The van der Waals surface area contributed by atoms with Crippen LogP contribution in [-0.2, 0) is 10.2 Å². The molecule has 4 heteroatoms. The first-order valence-corrected chi connectivity index (χ1v) is 5.13. The molecule has 0 aromatic heterocycles. The number of carbonyl (C=O) groups is 1. The summed E-state index contributed by atoms with van der Waals surface area (Å²) in [5.74, 6) is -3.89. The Bertz CT molecular complexity index is 450. The van der Waals surface area contributed by atoms with Crippen LogP contribution in [0.2, 0.25) is 0 Å². The molecule has 1 aliphatic rings. The number of hydrogen-bond donors (Lipinski definition) is 0. The largest absolute Gasteiger partial charge is 0.302 e. The zero-order valence-corrected chi connectivity index (χ0v) is 8.82. The highest BCUT2D eigenvalue weighted by molar-refractivity contribution is 5.71. The highest BCUT2D eigenvalue weighted by Gasteiger charge is 2.41. The number of halogens is 3. The summed E-state index contributed by atoms with van der Waals surface area (Å²) in [5.41, 5.74) is -0.490. The lowest BCUT2D eigenvalue weighted by atomic mass is 9.64. The highest BCUT2D eigenvalue weighted by atomic mass is 19.2. The second-order valence-electron chi connectivity index (χ2n) is 4.29. The lowest BCUT2D eigenvalue weighted by Gasteiger charge is -2.38. The Morgan fingerprint density at radius 2 is 1.88 bits per heavy atom. The molecule has 16 heavy (non-hydrogen) atoms. The number of benzene rings is 1. The van der Waals surface area contributed by atoms with Crippen LogP contribution in [0.4, 0.5) is 13.2 Å². The van der Waals surface area contributed by atoms with E-state index in [1.807, 2.05) is 0 Å². The van der Waals surface area contributed by atoms with Gasteiger partial charge in [0.15, 0.2) is 17.5 Å². The Morgan fingerprint density at radius 3 is 2.31 bits per heavy atom. The van der Waals surface area contributed by atoms with Gasteiger partial charge in [0.2, 0.25) is 0 Å². The third kappa shape index (κ3) is 1.36. The zero-order chi connectivity index (χ0) is 11.9. The molecule has 0 bridgehead atoms. The van der Waals surface area contributed by atoms with Gasteiger partial charge in [-0.05, 0) is 37.0 Å². The minimum Gasteiger partial charge on any atom is -0.302 e. The van der Waals surface area contributed by atoms with Gasteiger partial charge < -0.3 is 4.79 Å². The Kier molecular flexibility index (Phi) is 2.52. The summed E-state index contributed by atoms with van der Waals surface area (Å²) < 4.78 is 39.4. The maximum Gasteiger partial charge on any atom is 0.194 e. The van der Waals surface area contributed by atoms with Crippen molar-refractivity contribution in [3.63, 3.8) is 0 Å². The van der Waals surface area contributed by atoms with E-state index in [0.717, 1.165) is 18.8 Å². The molecule has 0 unspecified atom stereocenters. The predicted octanol–water partition coefficient (Wildman–Crippen LogP) is 3.03. The van der Waals surface area contributed by atoms with E-state index in [2.05, 4.69) is 0 Å². The SMILES string of the molecule is Cc1c(C2(C=O)CCC2)cc(F)c(F)c1F. The summed E-state index contributed by atoms with van der Waals surface area (Å²) in [4.78, 5) is 11.0. The van der Waals surface area contributed by atoms with Crippen molar-refractivity contribution in [1.82, 2.24) is 0 Å². The molecule has 1 aromatic carbocycles. The van der Waals surface area contributed by atoms with Gasteiger partial charge in [-0.15, -0.1) is 0 Å². The molecule has 0 saturated heterocycles. The molecule has 0 N–H and O–H groups in total. The van der Waals surface area contributed by atoms with E-state index in [1.54, 1.807) is 0 Å². The van der Waals surface area contributed by atoms with Crippen LogP contribution < -0.4 is 0 Å². The monoisotopic (exact) mass is 228 g/mol. The molecule has 1 nitrogen and oxygen atoms in total. The van der Waals surface area contributed by atoms with Crippen LogP contribution in [0.15, 0.2) is 6.07 Å². The third-order valence-electron chi connectivity index (χ3n) is 3.41. The van der Waals surface area contributed by atoms with Crippen LogP contribution >= 0.6 is 0 Å². The Hall–Kier alpha value is -1.32. The normalized spacial score (nSPS) is 18.0. The number of rotatable bonds is 2. The zero-order valence-electron chi connectivity index (χ0n) is 8.82. The second kappa shape index (κ2) is 3.61. The van der Waals surface area contributed by atoms with E-state index in [9.17, 15) is 18.0 Å².